The van der Waals surface area contributed by atoms with E-state index in [2.05, 4.69) is 62.0 Å². The van der Waals surface area contributed by atoms with Crippen molar-refractivity contribution in [3.05, 3.63) is 66.7 Å². The van der Waals surface area contributed by atoms with E-state index in [4.69, 9.17) is 19.4 Å². The lowest BCUT2D eigenvalue weighted by molar-refractivity contribution is -0.122. The first-order chi connectivity index (χ1) is 15.8. The molecular weight excluding hydrogens is 408 g/mol. The Labute approximate surface area is 187 Å². The molecule has 2 aromatic heterocycles. The third-order valence-electron chi connectivity index (χ3n) is 5.94. The second-order valence-corrected chi connectivity index (χ2v) is 7.83. The largest absolute Gasteiger partial charge is 0.483 e. The number of carboxylic acid groups (broad SMARTS) is 1. The number of hydrogen-bond acceptors (Lipinski definition) is 6. The summed E-state index contributed by atoms with van der Waals surface area (Å²) < 4.78 is 13.6. The number of aromatic nitrogens is 3. The molecule has 0 saturated carbocycles. The second-order valence-electron chi connectivity index (χ2n) is 7.83. The Morgan fingerprint density at radius 1 is 1.00 bits per heavy atom. The molecule has 5 rings (SSSR count). The smallest absolute Gasteiger partial charge is 0.290 e. The van der Waals surface area contributed by atoms with E-state index in [9.17, 15) is 0 Å². The number of hydrogen-bond donors (Lipinski definition) is 1. The molecule has 4 heterocycles. The van der Waals surface area contributed by atoms with Crippen molar-refractivity contribution < 1.29 is 19.4 Å². The average Bonchev–Trinajstić information content (AvgIpc) is 3.50. The zero-order chi connectivity index (χ0) is 22.2. The van der Waals surface area contributed by atoms with E-state index in [-0.39, 0.29) is 6.47 Å². The molecule has 0 aliphatic carbocycles. The summed E-state index contributed by atoms with van der Waals surface area (Å²) in [4.78, 5) is 19.5. The summed E-state index contributed by atoms with van der Waals surface area (Å²) in [6.45, 7) is 4.75. The number of pyridine rings is 1. The predicted octanol–water partition coefficient (Wildman–Crippen LogP) is 2.91. The normalized spacial score (nSPS) is 20.4. The van der Waals surface area contributed by atoms with Gasteiger partial charge in [0.2, 0.25) is 0 Å². The van der Waals surface area contributed by atoms with E-state index in [1.165, 1.54) is 11.3 Å². The van der Waals surface area contributed by atoms with E-state index in [1.807, 2.05) is 18.6 Å². The summed E-state index contributed by atoms with van der Waals surface area (Å²) in [5, 5.41) is 6.89. The molecule has 8 nitrogen and oxygen atoms in total. The summed E-state index contributed by atoms with van der Waals surface area (Å²) in [7, 11) is 0. The van der Waals surface area contributed by atoms with Crippen molar-refractivity contribution in [3.8, 4) is 11.4 Å². The maximum absolute atomic E-state index is 8.36. The van der Waals surface area contributed by atoms with Crippen LogP contribution in [0.1, 0.15) is 11.6 Å². The van der Waals surface area contributed by atoms with Gasteiger partial charge in [0.1, 0.15) is 5.82 Å². The zero-order valence-electron chi connectivity index (χ0n) is 17.9. The second kappa shape index (κ2) is 10.9. The van der Waals surface area contributed by atoms with Crippen LogP contribution >= 0.6 is 0 Å². The monoisotopic (exact) mass is 436 g/mol. The van der Waals surface area contributed by atoms with Gasteiger partial charge in [0.05, 0.1) is 32.5 Å². The van der Waals surface area contributed by atoms with E-state index in [1.54, 1.807) is 0 Å². The number of morpholine rings is 1. The molecule has 2 saturated heterocycles. The van der Waals surface area contributed by atoms with Crippen molar-refractivity contribution in [2.75, 3.05) is 44.4 Å². The Balaban J connectivity index is 0.000000775. The Hall–Kier alpha value is -3.23. The molecule has 2 atom stereocenters. The Morgan fingerprint density at radius 3 is 2.44 bits per heavy atom. The Bertz CT molecular complexity index is 971. The van der Waals surface area contributed by atoms with Crippen LogP contribution in [0.4, 0.5) is 5.69 Å². The minimum absolute atomic E-state index is 0.250. The van der Waals surface area contributed by atoms with Crippen LogP contribution in [0.2, 0.25) is 0 Å². The van der Waals surface area contributed by atoms with Crippen LogP contribution < -0.4 is 4.90 Å². The number of nitrogens with zero attached hydrogens (tertiary/aromatic N) is 4. The molecule has 0 unspecified atom stereocenters. The lowest BCUT2D eigenvalue weighted by atomic mass is 9.95. The van der Waals surface area contributed by atoms with Crippen LogP contribution in [-0.4, -0.2) is 65.6 Å². The van der Waals surface area contributed by atoms with Gasteiger partial charge in [-0.3, -0.25) is 9.78 Å². The van der Waals surface area contributed by atoms with Crippen molar-refractivity contribution in [1.82, 2.24) is 14.5 Å². The molecule has 2 fully saturated rings. The third kappa shape index (κ3) is 5.15. The summed E-state index contributed by atoms with van der Waals surface area (Å²) in [6, 6.07) is 13.2. The van der Waals surface area contributed by atoms with E-state index >= 15 is 0 Å². The van der Waals surface area contributed by atoms with Gasteiger partial charge in [0, 0.05) is 55.0 Å². The van der Waals surface area contributed by atoms with Gasteiger partial charge in [-0.05, 0) is 48.4 Å². The number of benzene rings is 1. The highest BCUT2D eigenvalue weighted by Gasteiger charge is 2.31. The summed E-state index contributed by atoms with van der Waals surface area (Å²) in [6.07, 6.45) is 8.69. The van der Waals surface area contributed by atoms with E-state index in [0.717, 1.165) is 57.3 Å². The van der Waals surface area contributed by atoms with Crippen molar-refractivity contribution >= 4 is 12.2 Å². The molecule has 1 N–H and O–H groups in total. The lowest BCUT2D eigenvalue weighted by Gasteiger charge is -2.29. The van der Waals surface area contributed by atoms with Crippen molar-refractivity contribution in [1.29, 1.82) is 0 Å². The fourth-order valence-electron chi connectivity index (χ4n) is 4.36. The molecule has 8 heteroatoms. The number of carbonyl (C=O) groups is 1. The zero-order valence-corrected chi connectivity index (χ0v) is 17.9. The lowest BCUT2D eigenvalue weighted by Crippen LogP contribution is -2.36. The number of anilines is 1. The number of imidazole rings is 1. The third-order valence-corrected chi connectivity index (χ3v) is 5.94. The maximum atomic E-state index is 8.36. The Morgan fingerprint density at radius 2 is 1.72 bits per heavy atom. The standard InChI is InChI=1S/C23H26N4O2.CH2O2/c1-3-21(26-11-13-28-14-12-26)4-2-19(1)23-25-9-10-27(23)22-17-29-16-20(22)15-18-5-7-24-8-6-18;2-1-3/h1-10,20,22H,11-17H2;1H,(H,2,3)/t20-,22-;/m1./s1. The van der Waals surface area contributed by atoms with Crippen LogP contribution in [0.25, 0.3) is 11.4 Å². The molecule has 1 aromatic carbocycles. The summed E-state index contributed by atoms with van der Waals surface area (Å²) >= 11 is 0. The van der Waals surface area contributed by atoms with Crippen LogP contribution in [0, 0.1) is 5.92 Å². The van der Waals surface area contributed by atoms with Gasteiger partial charge < -0.3 is 24.0 Å². The van der Waals surface area contributed by atoms with Gasteiger partial charge in [0.15, 0.2) is 0 Å². The first-order valence-electron chi connectivity index (χ1n) is 10.8. The van der Waals surface area contributed by atoms with Crippen molar-refractivity contribution in [3.63, 3.8) is 0 Å². The van der Waals surface area contributed by atoms with E-state index < -0.39 is 0 Å². The topological polar surface area (TPSA) is 89.7 Å². The number of rotatable bonds is 5. The first-order valence-corrected chi connectivity index (χ1v) is 10.8. The summed E-state index contributed by atoms with van der Waals surface area (Å²) in [5.41, 5.74) is 3.69. The van der Waals surface area contributed by atoms with Gasteiger partial charge in [-0.2, -0.15) is 0 Å². The predicted molar refractivity (Wildman–Crippen MR) is 121 cm³/mol. The molecule has 168 valence electrons. The van der Waals surface area contributed by atoms with Gasteiger partial charge in [-0.15, -0.1) is 0 Å². The van der Waals surface area contributed by atoms with Crippen LogP contribution in [0.15, 0.2) is 61.2 Å². The van der Waals surface area contributed by atoms with Crippen LogP contribution in [-0.2, 0) is 20.7 Å². The Kier molecular flexibility index (Phi) is 7.47. The molecule has 0 bridgehead atoms. The SMILES string of the molecule is O=CO.c1cc(C[C@@H]2COC[C@H]2n2ccnc2-c2ccc(N3CCOCC3)cc2)ccn1. The molecule has 0 spiro atoms. The molecule has 32 heavy (non-hydrogen) atoms. The van der Waals surface area contributed by atoms with Gasteiger partial charge in [-0.1, -0.05) is 0 Å². The molecule has 0 radical (unpaired) electrons. The van der Waals surface area contributed by atoms with Gasteiger partial charge in [0.25, 0.3) is 6.47 Å². The molecule has 2 aliphatic rings. The van der Waals surface area contributed by atoms with Crippen LogP contribution in [0.3, 0.4) is 0 Å². The minimum Gasteiger partial charge on any atom is -0.483 e. The van der Waals surface area contributed by atoms with Crippen molar-refractivity contribution in [2.45, 2.75) is 12.5 Å². The fourth-order valence-corrected chi connectivity index (χ4v) is 4.36. The van der Waals surface area contributed by atoms with Gasteiger partial charge in [-0.25, -0.2) is 4.98 Å². The molecule has 3 aromatic rings. The minimum atomic E-state index is -0.250. The summed E-state index contributed by atoms with van der Waals surface area (Å²) in [5.74, 6) is 1.44. The van der Waals surface area contributed by atoms with Crippen LogP contribution in [0.5, 0.6) is 0 Å². The molecular formula is C24H28N4O4. The first kappa shape index (κ1) is 22.0. The molecule has 2 aliphatic heterocycles. The quantitative estimate of drug-likeness (QED) is 0.615. The molecule has 0 amide bonds. The van der Waals surface area contributed by atoms with Crippen molar-refractivity contribution in [2.24, 2.45) is 5.92 Å². The highest BCUT2D eigenvalue weighted by Crippen LogP contribution is 2.33. The number of ether oxygens (including phenoxy) is 2. The van der Waals surface area contributed by atoms with Gasteiger partial charge >= 0.3 is 0 Å². The maximum Gasteiger partial charge on any atom is 0.290 e. The average molecular weight is 437 g/mol. The fraction of sp³-hybridized carbons (Fsp3) is 0.375. The highest BCUT2D eigenvalue weighted by molar-refractivity contribution is 5.61. The highest BCUT2D eigenvalue weighted by atomic mass is 16.5. The van der Waals surface area contributed by atoms with E-state index in [0.29, 0.717) is 12.0 Å².